The molecule has 1 radical (unpaired) electrons. The minimum atomic E-state index is -0.377. The number of rotatable bonds is 4. The van der Waals surface area contributed by atoms with E-state index in [0.29, 0.717) is 12.2 Å². The summed E-state index contributed by atoms with van der Waals surface area (Å²) in [6.45, 7) is 1.92. The van der Waals surface area contributed by atoms with E-state index in [4.69, 9.17) is 4.74 Å². The molecular weight excluding hydrogens is 200 g/mol. The summed E-state index contributed by atoms with van der Waals surface area (Å²) in [7, 11) is 0. The van der Waals surface area contributed by atoms with Crippen molar-refractivity contribution in [3.8, 4) is 5.75 Å². The van der Waals surface area contributed by atoms with E-state index < -0.39 is 0 Å². The summed E-state index contributed by atoms with van der Waals surface area (Å²) in [6, 6.07) is 14.9. The number of carbonyl (C=O) groups is 1. The van der Waals surface area contributed by atoms with Crippen LogP contribution in [-0.2, 0) is 4.79 Å². The summed E-state index contributed by atoms with van der Waals surface area (Å²) >= 11 is 0. The summed E-state index contributed by atoms with van der Waals surface area (Å²) in [6.07, 6.45) is 1.12. The van der Waals surface area contributed by atoms with Gasteiger partial charge in [-0.25, -0.2) is 0 Å². The Morgan fingerprint density at radius 2 is 2.12 bits per heavy atom. The number of ether oxygens (including phenoxy) is 1. The van der Waals surface area contributed by atoms with E-state index in [1.807, 2.05) is 43.3 Å². The first-order valence-corrected chi connectivity index (χ1v) is 5.36. The van der Waals surface area contributed by atoms with E-state index in [1.54, 1.807) is 0 Å². The zero-order valence-corrected chi connectivity index (χ0v) is 9.14. The summed E-state index contributed by atoms with van der Waals surface area (Å²) in [5.41, 5.74) is 0. The Morgan fingerprint density at radius 3 is 2.88 bits per heavy atom. The highest BCUT2D eigenvalue weighted by atomic mass is 16.5. The topological polar surface area (TPSA) is 26.3 Å². The Bertz CT molecular complexity index is 491. The Balaban J connectivity index is 2.28. The molecule has 0 saturated carbocycles. The average Bonchev–Trinajstić information content (AvgIpc) is 2.35. The molecule has 0 fully saturated rings. The molecule has 16 heavy (non-hydrogen) atoms. The number of fused-ring (bicyclic) bond motifs is 1. The van der Waals surface area contributed by atoms with Crippen molar-refractivity contribution in [3.63, 3.8) is 0 Å². The van der Waals surface area contributed by atoms with Gasteiger partial charge in [0.1, 0.15) is 5.75 Å². The fraction of sp³-hybridized carbons (Fsp3) is 0.214. The van der Waals surface area contributed by atoms with Crippen molar-refractivity contribution in [2.45, 2.75) is 19.4 Å². The molecule has 2 aromatic carbocycles. The second kappa shape index (κ2) is 4.79. The van der Waals surface area contributed by atoms with E-state index in [0.717, 1.165) is 17.1 Å². The van der Waals surface area contributed by atoms with Crippen LogP contribution in [-0.4, -0.2) is 12.4 Å². The van der Waals surface area contributed by atoms with Crippen LogP contribution < -0.4 is 4.74 Å². The van der Waals surface area contributed by atoms with Gasteiger partial charge in [0.2, 0.25) is 0 Å². The SMILES string of the molecule is CCC(C=O)Oc1[c]c2ccccc2cc1. The quantitative estimate of drug-likeness (QED) is 0.730. The van der Waals surface area contributed by atoms with Gasteiger partial charge >= 0.3 is 0 Å². The molecule has 0 bridgehead atoms. The highest BCUT2D eigenvalue weighted by Gasteiger charge is 2.06. The van der Waals surface area contributed by atoms with Crippen molar-refractivity contribution in [3.05, 3.63) is 42.5 Å². The van der Waals surface area contributed by atoms with Crippen LogP contribution in [0.1, 0.15) is 13.3 Å². The first-order valence-electron chi connectivity index (χ1n) is 5.36. The van der Waals surface area contributed by atoms with E-state index in [2.05, 4.69) is 6.07 Å². The fourth-order valence-electron chi connectivity index (χ4n) is 1.54. The van der Waals surface area contributed by atoms with Crippen LogP contribution in [0.25, 0.3) is 10.8 Å². The third-order valence-corrected chi connectivity index (χ3v) is 2.47. The Hall–Kier alpha value is -1.83. The molecular formula is C14H13O2. The maximum absolute atomic E-state index is 10.7. The van der Waals surface area contributed by atoms with E-state index >= 15 is 0 Å². The van der Waals surface area contributed by atoms with Crippen LogP contribution in [0.2, 0.25) is 0 Å². The number of hydrogen-bond acceptors (Lipinski definition) is 2. The van der Waals surface area contributed by atoms with Crippen molar-refractivity contribution in [1.82, 2.24) is 0 Å². The van der Waals surface area contributed by atoms with Crippen molar-refractivity contribution >= 4 is 17.1 Å². The number of aldehydes is 1. The molecule has 81 valence electrons. The lowest BCUT2D eigenvalue weighted by atomic mass is 10.1. The summed E-state index contributed by atoms with van der Waals surface area (Å²) in [5.74, 6) is 0.623. The molecule has 1 unspecified atom stereocenters. The van der Waals surface area contributed by atoms with Gasteiger partial charge in [-0.2, -0.15) is 0 Å². The van der Waals surface area contributed by atoms with Crippen LogP contribution in [0.15, 0.2) is 36.4 Å². The maximum Gasteiger partial charge on any atom is 0.160 e. The van der Waals surface area contributed by atoms with Crippen molar-refractivity contribution in [1.29, 1.82) is 0 Å². The predicted molar refractivity (Wildman–Crippen MR) is 63.6 cm³/mol. The number of benzene rings is 2. The van der Waals surface area contributed by atoms with Crippen molar-refractivity contribution < 1.29 is 9.53 Å². The smallest absolute Gasteiger partial charge is 0.160 e. The fourth-order valence-corrected chi connectivity index (χ4v) is 1.54. The van der Waals surface area contributed by atoms with Gasteiger partial charge in [-0.3, -0.25) is 4.79 Å². The molecule has 0 saturated heterocycles. The molecule has 0 heterocycles. The minimum absolute atomic E-state index is 0.377. The first kappa shape index (κ1) is 10.7. The third-order valence-electron chi connectivity index (χ3n) is 2.47. The van der Waals surface area contributed by atoms with Gasteiger partial charge in [0, 0.05) is 6.07 Å². The zero-order valence-electron chi connectivity index (χ0n) is 9.14. The monoisotopic (exact) mass is 213 g/mol. The predicted octanol–water partition coefficient (Wildman–Crippen LogP) is 3.00. The standard InChI is InChI=1S/C14H13O2/c1-2-13(10-15)16-14-8-7-11-5-3-4-6-12(11)9-14/h3-8,10,13H,2H2,1H3. The second-order valence-corrected chi connectivity index (χ2v) is 3.61. The molecule has 0 aliphatic heterocycles. The summed E-state index contributed by atoms with van der Waals surface area (Å²) in [5, 5.41) is 2.12. The van der Waals surface area contributed by atoms with Gasteiger partial charge in [-0.15, -0.1) is 0 Å². The molecule has 2 nitrogen and oxygen atoms in total. The number of carbonyl (C=O) groups excluding carboxylic acids is 1. The molecule has 0 aliphatic carbocycles. The molecule has 0 spiro atoms. The molecule has 2 rings (SSSR count). The lowest BCUT2D eigenvalue weighted by Gasteiger charge is -2.11. The van der Waals surface area contributed by atoms with Crippen LogP contribution in [0.4, 0.5) is 0 Å². The largest absolute Gasteiger partial charge is 0.482 e. The highest BCUT2D eigenvalue weighted by Crippen LogP contribution is 2.20. The third kappa shape index (κ3) is 2.22. The summed E-state index contributed by atoms with van der Waals surface area (Å²) in [4.78, 5) is 10.7. The zero-order chi connectivity index (χ0) is 11.4. The number of hydrogen-bond donors (Lipinski definition) is 0. The second-order valence-electron chi connectivity index (χ2n) is 3.61. The van der Waals surface area contributed by atoms with Crippen LogP contribution in [0.3, 0.4) is 0 Å². The maximum atomic E-state index is 10.7. The molecule has 2 heteroatoms. The Kier molecular flexibility index (Phi) is 3.20. The highest BCUT2D eigenvalue weighted by molar-refractivity contribution is 5.83. The first-order chi connectivity index (χ1) is 7.83. The lowest BCUT2D eigenvalue weighted by Crippen LogP contribution is -2.16. The molecule has 0 amide bonds. The Morgan fingerprint density at radius 1 is 1.31 bits per heavy atom. The van der Waals surface area contributed by atoms with Crippen LogP contribution in [0.5, 0.6) is 5.75 Å². The van der Waals surface area contributed by atoms with Crippen LogP contribution >= 0.6 is 0 Å². The van der Waals surface area contributed by atoms with E-state index in [-0.39, 0.29) is 6.10 Å². The van der Waals surface area contributed by atoms with E-state index in [1.165, 1.54) is 0 Å². The van der Waals surface area contributed by atoms with Gasteiger partial charge in [0.15, 0.2) is 12.4 Å². The van der Waals surface area contributed by atoms with Crippen LogP contribution in [0, 0.1) is 6.07 Å². The van der Waals surface area contributed by atoms with Gasteiger partial charge < -0.3 is 4.74 Å². The van der Waals surface area contributed by atoms with Gasteiger partial charge in [0.05, 0.1) is 0 Å². The molecule has 1 atom stereocenters. The Labute approximate surface area is 94.8 Å². The molecule has 0 N–H and O–H groups in total. The molecule has 0 aromatic heterocycles. The van der Waals surface area contributed by atoms with Crippen molar-refractivity contribution in [2.75, 3.05) is 0 Å². The molecule has 2 aromatic rings. The van der Waals surface area contributed by atoms with E-state index in [9.17, 15) is 4.79 Å². The van der Waals surface area contributed by atoms with Gasteiger partial charge in [-0.05, 0) is 23.3 Å². The summed E-state index contributed by atoms with van der Waals surface area (Å²) < 4.78 is 5.50. The lowest BCUT2D eigenvalue weighted by molar-refractivity contribution is -0.113. The van der Waals surface area contributed by atoms with Gasteiger partial charge in [-0.1, -0.05) is 37.3 Å². The normalized spacial score (nSPS) is 12.3. The van der Waals surface area contributed by atoms with Gasteiger partial charge in [0.25, 0.3) is 0 Å². The minimum Gasteiger partial charge on any atom is -0.482 e. The molecule has 0 aliphatic rings. The average molecular weight is 213 g/mol. The van der Waals surface area contributed by atoms with Crippen molar-refractivity contribution in [2.24, 2.45) is 0 Å².